The van der Waals surface area contributed by atoms with Gasteiger partial charge in [-0.3, -0.25) is 9.59 Å². The van der Waals surface area contributed by atoms with Crippen LogP contribution in [0.5, 0.6) is 0 Å². The predicted molar refractivity (Wildman–Crippen MR) is 111 cm³/mol. The molecule has 2 amide bonds. The molecule has 0 aliphatic rings. The van der Waals surface area contributed by atoms with Crippen molar-refractivity contribution in [3.63, 3.8) is 0 Å². The maximum Gasteiger partial charge on any atom is 0.287 e. The van der Waals surface area contributed by atoms with Crippen molar-refractivity contribution in [3.8, 4) is 5.69 Å². The van der Waals surface area contributed by atoms with Crippen molar-refractivity contribution in [2.75, 3.05) is 5.32 Å². The Bertz CT molecular complexity index is 999. The second kappa shape index (κ2) is 8.34. The molecule has 2 N–H and O–H groups in total. The van der Waals surface area contributed by atoms with E-state index in [1.807, 2.05) is 46.8 Å². The van der Waals surface area contributed by atoms with Gasteiger partial charge < -0.3 is 15.1 Å². The van der Waals surface area contributed by atoms with Gasteiger partial charge in [-0.1, -0.05) is 19.9 Å². The van der Waals surface area contributed by atoms with E-state index in [0.717, 1.165) is 22.5 Å². The van der Waals surface area contributed by atoms with Gasteiger partial charge in [0.2, 0.25) is 5.91 Å². The van der Waals surface area contributed by atoms with Crippen LogP contribution in [-0.4, -0.2) is 27.6 Å². The van der Waals surface area contributed by atoms with Gasteiger partial charge in [-0.25, -0.2) is 4.68 Å². The zero-order valence-electron chi connectivity index (χ0n) is 17.3. The fourth-order valence-electron chi connectivity index (χ4n) is 3.22. The highest BCUT2D eigenvalue weighted by atomic mass is 16.3. The van der Waals surface area contributed by atoms with Crippen LogP contribution >= 0.6 is 0 Å². The maximum absolute atomic E-state index is 13.0. The van der Waals surface area contributed by atoms with E-state index in [4.69, 9.17) is 4.42 Å². The van der Waals surface area contributed by atoms with Gasteiger partial charge in [-0.2, -0.15) is 5.10 Å². The van der Waals surface area contributed by atoms with E-state index in [1.54, 1.807) is 22.9 Å². The van der Waals surface area contributed by atoms with Crippen molar-refractivity contribution in [2.24, 2.45) is 5.92 Å². The van der Waals surface area contributed by atoms with Crippen LogP contribution in [0.4, 0.5) is 5.82 Å². The molecule has 0 aliphatic heterocycles. The van der Waals surface area contributed by atoms with Gasteiger partial charge >= 0.3 is 0 Å². The quantitative estimate of drug-likeness (QED) is 0.666. The third-order valence-electron chi connectivity index (χ3n) is 4.51. The number of nitrogens with one attached hydrogen (secondary N) is 2. The highest BCUT2D eigenvalue weighted by Gasteiger charge is 2.26. The van der Waals surface area contributed by atoms with Gasteiger partial charge in [0.1, 0.15) is 11.9 Å². The van der Waals surface area contributed by atoms with Crippen LogP contribution in [-0.2, 0) is 4.79 Å². The van der Waals surface area contributed by atoms with Crippen molar-refractivity contribution in [2.45, 2.75) is 40.7 Å². The van der Waals surface area contributed by atoms with Crippen LogP contribution in [0.3, 0.4) is 0 Å². The second-order valence-electron chi connectivity index (χ2n) is 7.59. The van der Waals surface area contributed by atoms with Crippen LogP contribution in [0.1, 0.15) is 41.2 Å². The molecule has 29 heavy (non-hydrogen) atoms. The molecular formula is C22H26N4O3. The predicted octanol–water partition coefficient (Wildman–Crippen LogP) is 3.78. The fourth-order valence-corrected chi connectivity index (χ4v) is 3.22. The Kier molecular flexibility index (Phi) is 5.87. The van der Waals surface area contributed by atoms with Crippen LogP contribution in [0.15, 0.2) is 47.1 Å². The number of carbonyl (C=O) groups is 2. The van der Waals surface area contributed by atoms with Gasteiger partial charge in [-0.05, 0) is 62.1 Å². The first-order valence-corrected chi connectivity index (χ1v) is 9.55. The lowest BCUT2D eigenvalue weighted by Gasteiger charge is -2.21. The minimum absolute atomic E-state index is 0.118. The lowest BCUT2D eigenvalue weighted by atomic mass is 10.0. The van der Waals surface area contributed by atoms with E-state index in [2.05, 4.69) is 21.8 Å². The van der Waals surface area contributed by atoms with E-state index in [1.165, 1.54) is 6.26 Å². The number of amides is 2. The molecule has 7 heteroatoms. The van der Waals surface area contributed by atoms with Gasteiger partial charge in [0.05, 0.1) is 17.6 Å². The van der Waals surface area contributed by atoms with Gasteiger partial charge in [-0.15, -0.1) is 0 Å². The number of furan rings is 1. The molecule has 0 aliphatic carbocycles. The molecule has 0 radical (unpaired) electrons. The lowest BCUT2D eigenvalue weighted by Crippen LogP contribution is -2.47. The van der Waals surface area contributed by atoms with Crippen molar-refractivity contribution in [3.05, 3.63) is 65.2 Å². The lowest BCUT2D eigenvalue weighted by molar-refractivity contribution is -0.118. The van der Waals surface area contributed by atoms with Crippen molar-refractivity contribution in [1.82, 2.24) is 15.1 Å². The summed E-state index contributed by atoms with van der Waals surface area (Å²) in [6.07, 6.45) is 1.42. The Morgan fingerprint density at radius 3 is 2.34 bits per heavy atom. The molecule has 3 rings (SSSR count). The molecule has 1 aromatic carbocycles. The molecule has 1 atom stereocenters. The van der Waals surface area contributed by atoms with Gasteiger partial charge in [0, 0.05) is 6.07 Å². The number of benzene rings is 1. The summed E-state index contributed by atoms with van der Waals surface area (Å²) in [5.41, 5.74) is 3.86. The highest BCUT2D eigenvalue weighted by molar-refractivity contribution is 6.00. The summed E-state index contributed by atoms with van der Waals surface area (Å²) in [7, 11) is 0. The minimum Gasteiger partial charge on any atom is -0.459 e. The minimum atomic E-state index is -0.726. The first kappa shape index (κ1) is 20.4. The molecule has 2 aromatic heterocycles. The Morgan fingerprint density at radius 2 is 1.76 bits per heavy atom. The number of hydrogen-bond donors (Lipinski definition) is 2. The Hall–Kier alpha value is -3.35. The number of carbonyl (C=O) groups excluding carboxylic acids is 2. The van der Waals surface area contributed by atoms with Crippen molar-refractivity contribution < 1.29 is 14.0 Å². The molecule has 0 saturated heterocycles. The smallest absolute Gasteiger partial charge is 0.287 e. The molecule has 7 nitrogen and oxygen atoms in total. The van der Waals surface area contributed by atoms with E-state index in [9.17, 15) is 9.59 Å². The summed E-state index contributed by atoms with van der Waals surface area (Å²) in [6, 6.07) is 10.4. The molecule has 0 fully saturated rings. The number of rotatable bonds is 6. The molecule has 2 heterocycles. The zero-order valence-corrected chi connectivity index (χ0v) is 17.3. The number of hydrogen-bond acceptors (Lipinski definition) is 4. The van der Waals surface area contributed by atoms with Crippen LogP contribution in [0, 0.1) is 26.7 Å². The van der Waals surface area contributed by atoms with E-state index in [-0.39, 0.29) is 17.6 Å². The topological polar surface area (TPSA) is 89.2 Å². The van der Waals surface area contributed by atoms with Crippen molar-refractivity contribution in [1.29, 1.82) is 0 Å². The second-order valence-corrected chi connectivity index (χ2v) is 7.59. The standard InChI is InChI=1S/C22H26N4O3/c1-13(2)20(24-21(27)18-7-6-8-29-18)22(28)23-19-12-16(5)25-26(19)17-10-14(3)9-15(4)11-17/h6-13,20H,1-5H3,(H,23,28)(H,24,27)/t20-/m0/s1. The highest BCUT2D eigenvalue weighted by Crippen LogP contribution is 2.20. The zero-order chi connectivity index (χ0) is 21.1. The summed E-state index contributed by atoms with van der Waals surface area (Å²) in [5, 5.41) is 10.2. The first-order chi connectivity index (χ1) is 13.7. The molecule has 0 bridgehead atoms. The first-order valence-electron chi connectivity index (χ1n) is 9.55. The summed E-state index contributed by atoms with van der Waals surface area (Å²) < 4.78 is 6.83. The third kappa shape index (κ3) is 4.74. The maximum atomic E-state index is 13.0. The molecular weight excluding hydrogens is 368 g/mol. The van der Waals surface area contributed by atoms with Crippen molar-refractivity contribution >= 4 is 17.6 Å². The Labute approximate surface area is 170 Å². The number of nitrogens with zero attached hydrogens (tertiary/aromatic N) is 2. The Morgan fingerprint density at radius 1 is 1.07 bits per heavy atom. The van der Waals surface area contributed by atoms with Crippen LogP contribution in [0.2, 0.25) is 0 Å². The molecule has 0 saturated carbocycles. The van der Waals surface area contributed by atoms with E-state index >= 15 is 0 Å². The number of anilines is 1. The third-order valence-corrected chi connectivity index (χ3v) is 4.51. The SMILES string of the molecule is Cc1cc(C)cc(-n2nc(C)cc2NC(=O)[C@@H](NC(=O)c2ccco2)C(C)C)c1. The van der Waals surface area contributed by atoms with E-state index in [0.29, 0.717) is 5.82 Å². The average Bonchev–Trinajstić information content (AvgIpc) is 3.28. The molecule has 0 unspecified atom stereocenters. The summed E-state index contributed by atoms with van der Waals surface area (Å²) >= 11 is 0. The van der Waals surface area contributed by atoms with E-state index < -0.39 is 11.9 Å². The molecule has 0 spiro atoms. The fraction of sp³-hybridized carbons (Fsp3) is 0.318. The summed E-state index contributed by atoms with van der Waals surface area (Å²) in [4.78, 5) is 25.3. The Balaban J connectivity index is 1.84. The summed E-state index contributed by atoms with van der Waals surface area (Å²) in [5.74, 6) is -0.143. The number of aromatic nitrogens is 2. The largest absolute Gasteiger partial charge is 0.459 e. The number of aryl methyl sites for hydroxylation is 3. The normalized spacial score (nSPS) is 12.1. The van der Waals surface area contributed by atoms with Gasteiger partial charge in [0.15, 0.2) is 5.76 Å². The summed E-state index contributed by atoms with van der Waals surface area (Å²) in [6.45, 7) is 9.65. The molecule has 152 valence electrons. The monoisotopic (exact) mass is 394 g/mol. The average molecular weight is 394 g/mol. The van der Waals surface area contributed by atoms with Gasteiger partial charge in [0.25, 0.3) is 5.91 Å². The van der Waals surface area contributed by atoms with Crippen LogP contribution < -0.4 is 10.6 Å². The molecule has 3 aromatic rings. The van der Waals surface area contributed by atoms with Crippen LogP contribution in [0.25, 0.3) is 5.69 Å².